The summed E-state index contributed by atoms with van der Waals surface area (Å²) in [5.41, 5.74) is 6.75. The van der Waals surface area contributed by atoms with E-state index in [1.807, 2.05) is 13.0 Å². The number of ether oxygens (including phenoxy) is 1. The maximum atomic E-state index is 11.0. The van der Waals surface area contributed by atoms with Crippen molar-refractivity contribution in [2.75, 3.05) is 5.73 Å². The van der Waals surface area contributed by atoms with E-state index in [1.165, 1.54) is 12.3 Å². The molecule has 2 aromatic rings. The topological polar surface area (TPSA) is 109 Å². The number of aromatic carboxylic acids is 1. The van der Waals surface area contributed by atoms with E-state index in [-0.39, 0.29) is 17.1 Å². The Hall–Kier alpha value is -3.07. The largest absolute Gasteiger partial charge is 0.478 e. The van der Waals surface area contributed by atoms with Crippen molar-refractivity contribution in [3.05, 3.63) is 47.2 Å². The quantitative estimate of drug-likeness (QED) is 0.884. The number of hydrogen-bond donors (Lipinski definition) is 2. The van der Waals surface area contributed by atoms with Crippen molar-refractivity contribution in [1.82, 2.24) is 4.98 Å². The zero-order valence-electron chi connectivity index (χ0n) is 10.6. The SMILES string of the molecule is Cc1ccc(C#N)cc1Oc1cc(C(=O)O)c(N)cn1. The van der Waals surface area contributed by atoms with Crippen LogP contribution in [0.15, 0.2) is 30.5 Å². The molecule has 0 atom stereocenters. The summed E-state index contributed by atoms with van der Waals surface area (Å²) in [6, 6.07) is 8.22. The van der Waals surface area contributed by atoms with Gasteiger partial charge in [-0.05, 0) is 24.6 Å². The molecule has 2 rings (SSSR count). The minimum Gasteiger partial charge on any atom is -0.478 e. The molecule has 0 aliphatic carbocycles. The Labute approximate surface area is 115 Å². The van der Waals surface area contributed by atoms with Crippen LogP contribution in [-0.4, -0.2) is 16.1 Å². The smallest absolute Gasteiger partial charge is 0.338 e. The van der Waals surface area contributed by atoms with E-state index < -0.39 is 5.97 Å². The van der Waals surface area contributed by atoms with Crippen LogP contribution in [0.1, 0.15) is 21.5 Å². The molecule has 0 amide bonds. The van der Waals surface area contributed by atoms with E-state index in [0.717, 1.165) is 5.56 Å². The molecule has 0 aliphatic heterocycles. The summed E-state index contributed by atoms with van der Waals surface area (Å²) >= 11 is 0. The summed E-state index contributed by atoms with van der Waals surface area (Å²) in [4.78, 5) is 14.9. The molecule has 3 N–H and O–H groups in total. The molecular weight excluding hydrogens is 258 g/mol. The number of nitriles is 1. The van der Waals surface area contributed by atoms with E-state index in [1.54, 1.807) is 18.2 Å². The van der Waals surface area contributed by atoms with Gasteiger partial charge < -0.3 is 15.6 Å². The third-order valence-electron chi connectivity index (χ3n) is 2.67. The lowest BCUT2D eigenvalue weighted by Crippen LogP contribution is -2.04. The highest BCUT2D eigenvalue weighted by Gasteiger charge is 2.11. The first kappa shape index (κ1) is 13.4. The summed E-state index contributed by atoms with van der Waals surface area (Å²) in [5.74, 6) is -0.607. The Morgan fingerprint density at radius 3 is 2.85 bits per heavy atom. The molecule has 0 saturated carbocycles. The highest BCUT2D eigenvalue weighted by Crippen LogP contribution is 2.26. The number of benzene rings is 1. The second kappa shape index (κ2) is 5.28. The van der Waals surface area contributed by atoms with Crippen LogP contribution in [0.25, 0.3) is 0 Å². The number of hydrogen-bond acceptors (Lipinski definition) is 5. The molecule has 0 radical (unpaired) electrons. The van der Waals surface area contributed by atoms with Gasteiger partial charge in [0.1, 0.15) is 5.75 Å². The predicted octanol–water partition coefficient (Wildman–Crippen LogP) is 2.33. The highest BCUT2D eigenvalue weighted by atomic mass is 16.5. The molecule has 1 heterocycles. The van der Waals surface area contributed by atoms with Crippen LogP contribution in [0.3, 0.4) is 0 Å². The van der Waals surface area contributed by atoms with E-state index in [9.17, 15) is 4.79 Å². The number of pyridine rings is 1. The van der Waals surface area contributed by atoms with Crippen LogP contribution in [-0.2, 0) is 0 Å². The maximum absolute atomic E-state index is 11.0. The number of aromatic nitrogens is 1. The van der Waals surface area contributed by atoms with Crippen molar-refractivity contribution >= 4 is 11.7 Å². The summed E-state index contributed by atoms with van der Waals surface area (Å²) in [6.45, 7) is 1.81. The van der Waals surface area contributed by atoms with Crippen molar-refractivity contribution in [3.63, 3.8) is 0 Å². The van der Waals surface area contributed by atoms with E-state index in [4.69, 9.17) is 20.8 Å². The van der Waals surface area contributed by atoms with Gasteiger partial charge in [0.2, 0.25) is 5.88 Å². The van der Waals surface area contributed by atoms with Crippen LogP contribution in [0.5, 0.6) is 11.6 Å². The minimum atomic E-state index is -1.16. The van der Waals surface area contributed by atoms with Gasteiger partial charge in [-0.2, -0.15) is 5.26 Å². The lowest BCUT2D eigenvalue weighted by Gasteiger charge is -2.09. The fraction of sp³-hybridized carbons (Fsp3) is 0.0714. The third kappa shape index (κ3) is 2.67. The number of nitrogens with two attached hydrogens (primary N) is 1. The molecule has 20 heavy (non-hydrogen) atoms. The number of anilines is 1. The normalized spacial score (nSPS) is 9.80. The number of aryl methyl sites for hydroxylation is 1. The van der Waals surface area contributed by atoms with Gasteiger partial charge in [-0.25, -0.2) is 9.78 Å². The second-order valence-electron chi connectivity index (χ2n) is 4.11. The molecule has 100 valence electrons. The van der Waals surface area contributed by atoms with E-state index >= 15 is 0 Å². The van der Waals surface area contributed by atoms with Crippen LogP contribution in [0.4, 0.5) is 5.69 Å². The van der Waals surface area contributed by atoms with Gasteiger partial charge >= 0.3 is 5.97 Å². The molecule has 6 nitrogen and oxygen atoms in total. The van der Waals surface area contributed by atoms with Gasteiger partial charge in [-0.15, -0.1) is 0 Å². The van der Waals surface area contributed by atoms with Gasteiger partial charge in [0.25, 0.3) is 0 Å². The Kier molecular flexibility index (Phi) is 3.53. The van der Waals surface area contributed by atoms with Gasteiger partial charge in [-0.1, -0.05) is 6.07 Å². The second-order valence-corrected chi connectivity index (χ2v) is 4.11. The Morgan fingerprint density at radius 2 is 2.20 bits per heavy atom. The highest BCUT2D eigenvalue weighted by molar-refractivity contribution is 5.93. The molecule has 1 aromatic carbocycles. The Morgan fingerprint density at radius 1 is 1.45 bits per heavy atom. The summed E-state index contributed by atoms with van der Waals surface area (Å²) in [7, 11) is 0. The zero-order chi connectivity index (χ0) is 14.7. The predicted molar refractivity (Wildman–Crippen MR) is 71.6 cm³/mol. The standard InChI is InChI=1S/C14H11N3O3/c1-8-2-3-9(6-15)4-12(8)20-13-5-10(14(18)19)11(16)7-17-13/h2-5,7H,16H2,1H3,(H,18,19). The van der Waals surface area contributed by atoms with Crippen LogP contribution < -0.4 is 10.5 Å². The first-order valence-corrected chi connectivity index (χ1v) is 5.68. The molecule has 0 saturated heterocycles. The minimum absolute atomic E-state index is 0.0624. The van der Waals surface area contributed by atoms with Crippen molar-refractivity contribution in [1.29, 1.82) is 5.26 Å². The van der Waals surface area contributed by atoms with Gasteiger partial charge in [0.15, 0.2) is 0 Å². The molecule has 0 spiro atoms. The lowest BCUT2D eigenvalue weighted by molar-refractivity contribution is 0.0697. The van der Waals surface area contributed by atoms with Crippen molar-refractivity contribution in [3.8, 4) is 17.7 Å². The molecular formula is C14H11N3O3. The fourth-order valence-corrected chi connectivity index (χ4v) is 1.58. The number of carbonyl (C=O) groups is 1. The van der Waals surface area contributed by atoms with E-state index in [0.29, 0.717) is 11.3 Å². The van der Waals surface area contributed by atoms with E-state index in [2.05, 4.69) is 4.98 Å². The summed E-state index contributed by atoms with van der Waals surface area (Å²) in [6.07, 6.45) is 1.22. The monoisotopic (exact) mass is 269 g/mol. The van der Waals surface area contributed by atoms with Crippen molar-refractivity contribution in [2.45, 2.75) is 6.92 Å². The number of carboxylic acid groups (broad SMARTS) is 1. The molecule has 0 bridgehead atoms. The summed E-state index contributed by atoms with van der Waals surface area (Å²) < 4.78 is 5.52. The maximum Gasteiger partial charge on any atom is 0.338 e. The number of nitrogen functional groups attached to an aromatic ring is 1. The lowest BCUT2D eigenvalue weighted by atomic mass is 10.1. The van der Waals surface area contributed by atoms with Crippen LogP contribution in [0.2, 0.25) is 0 Å². The first-order valence-electron chi connectivity index (χ1n) is 5.68. The van der Waals surface area contributed by atoms with Gasteiger partial charge in [0, 0.05) is 6.07 Å². The average molecular weight is 269 g/mol. The zero-order valence-corrected chi connectivity index (χ0v) is 10.6. The Balaban J connectivity index is 2.38. The van der Waals surface area contributed by atoms with Crippen LogP contribution >= 0.6 is 0 Å². The van der Waals surface area contributed by atoms with Crippen molar-refractivity contribution < 1.29 is 14.6 Å². The average Bonchev–Trinajstić information content (AvgIpc) is 2.43. The van der Waals surface area contributed by atoms with Gasteiger partial charge in [0.05, 0.1) is 29.1 Å². The number of rotatable bonds is 3. The molecule has 0 unspecified atom stereocenters. The Bertz CT molecular complexity index is 720. The first-order chi connectivity index (χ1) is 9.51. The molecule has 0 aliphatic rings. The van der Waals surface area contributed by atoms with Crippen molar-refractivity contribution in [2.24, 2.45) is 0 Å². The molecule has 1 aromatic heterocycles. The number of carboxylic acids is 1. The molecule has 6 heteroatoms. The summed E-state index contributed by atoms with van der Waals surface area (Å²) in [5, 5.41) is 17.8. The van der Waals surface area contributed by atoms with Gasteiger partial charge in [-0.3, -0.25) is 0 Å². The molecule has 0 fully saturated rings. The third-order valence-corrected chi connectivity index (χ3v) is 2.67. The van der Waals surface area contributed by atoms with Crippen LogP contribution in [0, 0.1) is 18.3 Å². The fourth-order valence-electron chi connectivity index (χ4n) is 1.58. The number of nitrogens with zero attached hydrogens (tertiary/aromatic N) is 2.